The molecule has 7 nitrogen and oxygen atoms in total. The van der Waals surface area contributed by atoms with Crippen LogP contribution in [0.5, 0.6) is 11.5 Å². The first-order valence-electron chi connectivity index (χ1n) is 9.92. The summed E-state index contributed by atoms with van der Waals surface area (Å²) < 4.78 is 10.6. The summed E-state index contributed by atoms with van der Waals surface area (Å²) in [6, 6.07) is 13.6. The number of rotatable bonds is 8. The fourth-order valence-corrected chi connectivity index (χ4v) is 3.65. The minimum Gasteiger partial charge on any atom is -0.493 e. The minimum atomic E-state index is -0.787. The predicted octanol–water partition coefficient (Wildman–Crippen LogP) is 2.82. The Kier molecular flexibility index (Phi) is 6.72. The maximum absolute atomic E-state index is 13.0. The van der Waals surface area contributed by atoms with Crippen LogP contribution in [-0.2, 0) is 20.8 Å². The Labute approximate surface area is 176 Å². The predicted molar refractivity (Wildman–Crippen MR) is 113 cm³/mol. The van der Waals surface area contributed by atoms with Gasteiger partial charge in [0.25, 0.3) is 5.91 Å². The molecule has 1 saturated heterocycles. The molecule has 2 aromatic rings. The SMILES string of the molecule is CCC(=O)N(CCc1ccc(OC)c(OC)c1)C1CC(=O)N(c2ccccc2)C1=O. The first-order chi connectivity index (χ1) is 14.5. The van der Waals surface area contributed by atoms with Crippen molar-refractivity contribution in [2.45, 2.75) is 32.2 Å². The van der Waals surface area contributed by atoms with Gasteiger partial charge in [0.15, 0.2) is 11.5 Å². The molecule has 1 atom stereocenters. The molecule has 0 radical (unpaired) electrons. The molecule has 1 aliphatic rings. The van der Waals surface area contributed by atoms with E-state index < -0.39 is 6.04 Å². The zero-order chi connectivity index (χ0) is 21.7. The fourth-order valence-electron chi connectivity index (χ4n) is 3.65. The molecule has 0 aliphatic carbocycles. The van der Waals surface area contributed by atoms with Crippen LogP contribution in [0.2, 0.25) is 0 Å². The van der Waals surface area contributed by atoms with Gasteiger partial charge in [0.1, 0.15) is 6.04 Å². The molecule has 0 aromatic heterocycles. The Balaban J connectivity index is 1.79. The van der Waals surface area contributed by atoms with Gasteiger partial charge in [-0.2, -0.15) is 0 Å². The topological polar surface area (TPSA) is 76.2 Å². The van der Waals surface area contributed by atoms with Gasteiger partial charge in [-0.3, -0.25) is 14.4 Å². The number of hydrogen-bond donors (Lipinski definition) is 0. The normalized spacial score (nSPS) is 16.0. The van der Waals surface area contributed by atoms with Crippen molar-refractivity contribution in [3.63, 3.8) is 0 Å². The minimum absolute atomic E-state index is 0.00853. The summed E-state index contributed by atoms with van der Waals surface area (Å²) in [5.41, 5.74) is 1.47. The van der Waals surface area contributed by atoms with Gasteiger partial charge in [0.05, 0.1) is 26.3 Å². The van der Waals surface area contributed by atoms with E-state index in [0.717, 1.165) is 5.56 Å². The second-order valence-corrected chi connectivity index (χ2v) is 7.00. The standard InChI is InChI=1S/C23H26N2O5/c1-4-21(26)24(13-12-16-10-11-19(29-2)20(14-16)30-3)18-15-22(27)25(23(18)28)17-8-6-5-7-9-17/h5-11,14,18H,4,12-13,15H2,1-3H3. The Morgan fingerprint density at radius 2 is 1.77 bits per heavy atom. The van der Waals surface area contributed by atoms with Crippen molar-refractivity contribution in [1.29, 1.82) is 0 Å². The van der Waals surface area contributed by atoms with Gasteiger partial charge in [0.2, 0.25) is 11.8 Å². The maximum Gasteiger partial charge on any atom is 0.257 e. The lowest BCUT2D eigenvalue weighted by Gasteiger charge is -2.27. The van der Waals surface area contributed by atoms with Crippen LogP contribution in [0.15, 0.2) is 48.5 Å². The zero-order valence-electron chi connectivity index (χ0n) is 17.5. The van der Waals surface area contributed by atoms with E-state index in [1.807, 2.05) is 24.3 Å². The Morgan fingerprint density at radius 1 is 1.07 bits per heavy atom. The smallest absolute Gasteiger partial charge is 0.257 e. The highest BCUT2D eigenvalue weighted by Gasteiger charge is 2.43. The quantitative estimate of drug-likeness (QED) is 0.626. The fraction of sp³-hybridized carbons (Fsp3) is 0.348. The van der Waals surface area contributed by atoms with Gasteiger partial charge >= 0.3 is 0 Å². The number of methoxy groups -OCH3 is 2. The first-order valence-corrected chi connectivity index (χ1v) is 9.92. The van der Waals surface area contributed by atoms with E-state index >= 15 is 0 Å². The molecule has 1 fully saturated rings. The molecule has 1 heterocycles. The van der Waals surface area contributed by atoms with Gasteiger partial charge in [0, 0.05) is 13.0 Å². The number of carbonyl (C=O) groups is 3. The summed E-state index contributed by atoms with van der Waals surface area (Å²) in [5.74, 6) is 0.414. The lowest BCUT2D eigenvalue weighted by atomic mass is 10.1. The Hall–Kier alpha value is -3.35. The summed E-state index contributed by atoms with van der Waals surface area (Å²) in [6.07, 6.45) is 0.774. The number of anilines is 1. The van der Waals surface area contributed by atoms with Gasteiger partial charge in [-0.15, -0.1) is 0 Å². The van der Waals surface area contributed by atoms with Crippen molar-refractivity contribution < 1.29 is 23.9 Å². The van der Waals surface area contributed by atoms with Crippen LogP contribution in [0, 0.1) is 0 Å². The summed E-state index contributed by atoms with van der Waals surface area (Å²) in [5, 5.41) is 0. The van der Waals surface area contributed by atoms with Crippen molar-refractivity contribution in [2.24, 2.45) is 0 Å². The zero-order valence-corrected chi connectivity index (χ0v) is 17.5. The average Bonchev–Trinajstić information content (AvgIpc) is 3.07. The summed E-state index contributed by atoms with van der Waals surface area (Å²) in [7, 11) is 3.13. The molecular weight excluding hydrogens is 384 g/mol. The highest BCUT2D eigenvalue weighted by molar-refractivity contribution is 6.23. The van der Waals surface area contributed by atoms with Crippen molar-refractivity contribution in [1.82, 2.24) is 4.90 Å². The average molecular weight is 410 g/mol. The van der Waals surface area contributed by atoms with Crippen LogP contribution in [0.1, 0.15) is 25.3 Å². The van der Waals surface area contributed by atoms with E-state index in [4.69, 9.17) is 9.47 Å². The Bertz CT molecular complexity index is 928. The van der Waals surface area contributed by atoms with Crippen LogP contribution in [0.4, 0.5) is 5.69 Å². The maximum atomic E-state index is 13.0. The number of nitrogens with zero attached hydrogens (tertiary/aromatic N) is 2. The van der Waals surface area contributed by atoms with Crippen molar-refractivity contribution in [3.8, 4) is 11.5 Å². The third-order valence-electron chi connectivity index (χ3n) is 5.23. The first kappa shape index (κ1) is 21.4. The van der Waals surface area contributed by atoms with Crippen molar-refractivity contribution >= 4 is 23.4 Å². The molecule has 2 aromatic carbocycles. The van der Waals surface area contributed by atoms with Gasteiger partial charge in [-0.05, 0) is 36.2 Å². The number of para-hydroxylation sites is 1. The number of ether oxygens (including phenoxy) is 2. The Morgan fingerprint density at radius 3 is 2.40 bits per heavy atom. The number of imide groups is 1. The van der Waals surface area contributed by atoms with Gasteiger partial charge in [-0.25, -0.2) is 4.90 Å². The van der Waals surface area contributed by atoms with Gasteiger partial charge in [-0.1, -0.05) is 31.2 Å². The number of amides is 3. The summed E-state index contributed by atoms with van der Waals surface area (Å²) in [4.78, 5) is 41.0. The second kappa shape index (κ2) is 9.43. The molecule has 0 N–H and O–H groups in total. The van der Waals surface area contributed by atoms with Crippen molar-refractivity contribution in [2.75, 3.05) is 25.7 Å². The van der Waals surface area contributed by atoms with Gasteiger partial charge < -0.3 is 14.4 Å². The van der Waals surface area contributed by atoms with Crippen LogP contribution in [0.25, 0.3) is 0 Å². The molecule has 1 unspecified atom stereocenters. The number of hydrogen-bond acceptors (Lipinski definition) is 5. The second-order valence-electron chi connectivity index (χ2n) is 7.00. The van der Waals surface area contributed by atoms with Crippen LogP contribution in [0.3, 0.4) is 0 Å². The van der Waals surface area contributed by atoms with E-state index in [0.29, 0.717) is 30.2 Å². The molecule has 1 aliphatic heterocycles. The highest BCUT2D eigenvalue weighted by Crippen LogP contribution is 2.29. The molecule has 7 heteroatoms. The third kappa shape index (κ3) is 4.30. The lowest BCUT2D eigenvalue weighted by molar-refractivity contribution is -0.138. The van der Waals surface area contributed by atoms with Crippen LogP contribution in [-0.4, -0.2) is 49.4 Å². The molecule has 3 rings (SSSR count). The molecule has 0 saturated carbocycles. The highest BCUT2D eigenvalue weighted by atomic mass is 16.5. The largest absolute Gasteiger partial charge is 0.493 e. The van der Waals surface area contributed by atoms with E-state index in [1.54, 1.807) is 45.4 Å². The third-order valence-corrected chi connectivity index (χ3v) is 5.23. The van der Waals surface area contributed by atoms with Crippen LogP contribution < -0.4 is 14.4 Å². The van der Waals surface area contributed by atoms with Crippen molar-refractivity contribution in [3.05, 3.63) is 54.1 Å². The summed E-state index contributed by atoms with van der Waals surface area (Å²) in [6.45, 7) is 2.08. The monoisotopic (exact) mass is 410 g/mol. The molecular formula is C23H26N2O5. The molecule has 0 spiro atoms. The molecule has 158 valence electrons. The molecule has 3 amide bonds. The van der Waals surface area contributed by atoms with E-state index in [-0.39, 0.29) is 30.6 Å². The summed E-state index contributed by atoms with van der Waals surface area (Å²) >= 11 is 0. The number of benzene rings is 2. The van der Waals surface area contributed by atoms with E-state index in [9.17, 15) is 14.4 Å². The van der Waals surface area contributed by atoms with E-state index in [2.05, 4.69) is 0 Å². The van der Waals surface area contributed by atoms with Crippen LogP contribution >= 0.6 is 0 Å². The number of carbonyl (C=O) groups excluding carboxylic acids is 3. The molecule has 30 heavy (non-hydrogen) atoms. The molecule has 0 bridgehead atoms. The van der Waals surface area contributed by atoms with E-state index in [1.165, 1.54) is 9.80 Å². The lowest BCUT2D eigenvalue weighted by Crippen LogP contribution is -2.46.